The molecule has 15 heavy (non-hydrogen) atoms. The first-order valence-electron chi connectivity index (χ1n) is 4.94. The average molecular weight is 246 g/mol. The summed E-state index contributed by atoms with van der Waals surface area (Å²) in [6.45, 7) is 2.64. The molecule has 0 saturated carbocycles. The number of pyridine rings is 1. The summed E-state index contributed by atoms with van der Waals surface area (Å²) < 4.78 is 0. The lowest BCUT2D eigenvalue weighted by atomic mass is 10.3. The second kappa shape index (κ2) is 4.66. The fraction of sp³-hybridized carbons (Fsp3) is 0.500. The zero-order chi connectivity index (χ0) is 10.8. The van der Waals surface area contributed by atoms with Crippen LogP contribution in [-0.2, 0) is 6.54 Å². The van der Waals surface area contributed by atoms with E-state index in [9.17, 15) is 0 Å². The number of nitrogens with zero attached hydrogens (tertiary/aromatic N) is 2. The molecule has 0 aromatic carbocycles. The van der Waals surface area contributed by atoms with Crippen LogP contribution in [0.4, 0.5) is 0 Å². The number of nitrogens with two attached hydrogens (primary N) is 1. The molecule has 1 fully saturated rings. The Hall–Kier alpha value is -0.350. The lowest BCUT2D eigenvalue weighted by molar-refractivity contribution is 0.323. The van der Waals surface area contributed by atoms with Crippen LogP contribution in [0.25, 0.3) is 0 Å². The Balaban J connectivity index is 2.07. The summed E-state index contributed by atoms with van der Waals surface area (Å²) in [5.74, 6) is 0. The molecule has 1 atom stereocenters. The van der Waals surface area contributed by atoms with Gasteiger partial charge < -0.3 is 5.73 Å². The molecule has 0 radical (unpaired) electrons. The van der Waals surface area contributed by atoms with Gasteiger partial charge in [-0.05, 0) is 18.6 Å². The van der Waals surface area contributed by atoms with Crippen molar-refractivity contribution in [2.45, 2.75) is 19.0 Å². The molecule has 0 spiro atoms. The van der Waals surface area contributed by atoms with E-state index in [1.165, 1.54) is 0 Å². The maximum absolute atomic E-state index is 6.03. The maximum atomic E-state index is 6.03. The molecule has 0 bridgehead atoms. The van der Waals surface area contributed by atoms with E-state index in [2.05, 4.69) is 9.88 Å². The Kier molecular flexibility index (Phi) is 3.46. The summed E-state index contributed by atoms with van der Waals surface area (Å²) in [7, 11) is 0. The van der Waals surface area contributed by atoms with E-state index >= 15 is 0 Å². The van der Waals surface area contributed by atoms with Gasteiger partial charge in [0.15, 0.2) is 0 Å². The Morgan fingerprint density at radius 1 is 1.47 bits per heavy atom. The molecule has 0 aliphatic carbocycles. The van der Waals surface area contributed by atoms with E-state index in [1.54, 1.807) is 12.1 Å². The van der Waals surface area contributed by atoms with Crippen LogP contribution in [0.15, 0.2) is 12.1 Å². The van der Waals surface area contributed by atoms with Gasteiger partial charge in [-0.1, -0.05) is 23.2 Å². The second-order valence-electron chi connectivity index (χ2n) is 3.85. The average Bonchev–Trinajstić information content (AvgIpc) is 2.58. The summed E-state index contributed by atoms with van der Waals surface area (Å²) in [6, 6.07) is 3.76. The third-order valence-electron chi connectivity index (χ3n) is 2.57. The van der Waals surface area contributed by atoms with E-state index in [0.29, 0.717) is 10.2 Å². The number of hydrogen-bond acceptors (Lipinski definition) is 3. The van der Waals surface area contributed by atoms with Crippen molar-refractivity contribution >= 4 is 23.2 Å². The first-order chi connectivity index (χ1) is 7.15. The molecule has 0 unspecified atom stereocenters. The molecule has 1 saturated heterocycles. The summed E-state index contributed by atoms with van der Waals surface area (Å²) in [5.41, 5.74) is 6.66. The van der Waals surface area contributed by atoms with E-state index in [-0.39, 0.29) is 6.04 Å². The molecule has 1 aromatic heterocycles. The quantitative estimate of drug-likeness (QED) is 0.810. The van der Waals surface area contributed by atoms with Crippen LogP contribution in [0.1, 0.15) is 12.1 Å². The minimum atomic E-state index is 0.281. The van der Waals surface area contributed by atoms with Crippen LogP contribution in [0.5, 0.6) is 0 Å². The number of aromatic nitrogens is 1. The molecular weight excluding hydrogens is 233 g/mol. The van der Waals surface area contributed by atoms with Crippen molar-refractivity contribution in [2.24, 2.45) is 5.73 Å². The number of likely N-dealkylation sites (tertiary alicyclic amines) is 1. The molecule has 5 heteroatoms. The second-order valence-corrected chi connectivity index (χ2v) is 4.64. The largest absolute Gasteiger partial charge is 0.326 e. The lowest BCUT2D eigenvalue weighted by Crippen LogP contribution is -2.26. The van der Waals surface area contributed by atoms with Crippen LogP contribution >= 0.6 is 23.2 Å². The highest BCUT2D eigenvalue weighted by molar-refractivity contribution is 6.32. The van der Waals surface area contributed by atoms with Crippen molar-refractivity contribution in [3.05, 3.63) is 28.0 Å². The van der Waals surface area contributed by atoms with Crippen molar-refractivity contribution in [3.63, 3.8) is 0 Å². The van der Waals surface area contributed by atoms with Gasteiger partial charge in [0, 0.05) is 25.7 Å². The highest BCUT2D eigenvalue weighted by Crippen LogP contribution is 2.20. The SMILES string of the molecule is N[C@@H]1CCN(Cc2nc(Cl)ccc2Cl)C1. The van der Waals surface area contributed by atoms with Crippen molar-refractivity contribution in [1.29, 1.82) is 0 Å². The molecule has 0 amide bonds. The van der Waals surface area contributed by atoms with Crippen molar-refractivity contribution in [2.75, 3.05) is 13.1 Å². The monoisotopic (exact) mass is 245 g/mol. The number of rotatable bonds is 2. The summed E-state index contributed by atoms with van der Waals surface area (Å²) in [5, 5.41) is 1.15. The van der Waals surface area contributed by atoms with Gasteiger partial charge in [-0.3, -0.25) is 4.90 Å². The van der Waals surface area contributed by atoms with Gasteiger partial charge >= 0.3 is 0 Å². The molecule has 82 valence electrons. The third-order valence-corrected chi connectivity index (χ3v) is 3.12. The van der Waals surface area contributed by atoms with E-state index < -0.39 is 0 Å². The summed E-state index contributed by atoms with van der Waals surface area (Å²) in [6.07, 6.45) is 1.04. The molecule has 1 aromatic rings. The van der Waals surface area contributed by atoms with Crippen molar-refractivity contribution in [1.82, 2.24) is 9.88 Å². The molecule has 2 rings (SSSR count). The minimum absolute atomic E-state index is 0.281. The van der Waals surface area contributed by atoms with Crippen LogP contribution in [0.3, 0.4) is 0 Å². The van der Waals surface area contributed by atoms with Gasteiger partial charge in [-0.15, -0.1) is 0 Å². The molecular formula is C10H13Cl2N3. The molecule has 2 heterocycles. The smallest absolute Gasteiger partial charge is 0.129 e. The van der Waals surface area contributed by atoms with Gasteiger partial charge in [-0.25, -0.2) is 4.98 Å². The lowest BCUT2D eigenvalue weighted by Gasteiger charge is -2.15. The minimum Gasteiger partial charge on any atom is -0.326 e. The van der Waals surface area contributed by atoms with E-state index in [4.69, 9.17) is 28.9 Å². The normalized spacial score (nSPS) is 22.2. The molecule has 2 N–H and O–H groups in total. The van der Waals surface area contributed by atoms with Gasteiger partial charge in [0.2, 0.25) is 0 Å². The number of halogens is 2. The first kappa shape index (κ1) is 11.1. The summed E-state index contributed by atoms with van der Waals surface area (Å²) >= 11 is 11.8. The Morgan fingerprint density at radius 2 is 2.27 bits per heavy atom. The highest BCUT2D eigenvalue weighted by Gasteiger charge is 2.20. The van der Waals surface area contributed by atoms with E-state index in [0.717, 1.165) is 31.7 Å². The molecule has 1 aliphatic heterocycles. The standard InChI is InChI=1S/C10H13Cl2N3/c11-8-1-2-10(12)14-9(8)6-15-4-3-7(13)5-15/h1-2,7H,3-6,13H2/t7-/m1/s1. The van der Waals surface area contributed by atoms with Crippen LogP contribution in [-0.4, -0.2) is 29.0 Å². The zero-order valence-corrected chi connectivity index (χ0v) is 9.80. The highest BCUT2D eigenvalue weighted by atomic mass is 35.5. The maximum Gasteiger partial charge on any atom is 0.129 e. The third kappa shape index (κ3) is 2.82. The van der Waals surface area contributed by atoms with E-state index in [1.807, 2.05) is 0 Å². The molecule has 3 nitrogen and oxygen atoms in total. The van der Waals surface area contributed by atoms with Crippen LogP contribution < -0.4 is 5.73 Å². The first-order valence-corrected chi connectivity index (χ1v) is 5.69. The van der Waals surface area contributed by atoms with Gasteiger partial charge in [0.05, 0.1) is 10.7 Å². The fourth-order valence-corrected chi connectivity index (χ4v) is 2.12. The predicted octanol–water partition coefficient (Wildman–Crippen LogP) is 1.92. The van der Waals surface area contributed by atoms with Crippen molar-refractivity contribution < 1.29 is 0 Å². The van der Waals surface area contributed by atoms with Crippen LogP contribution in [0.2, 0.25) is 10.2 Å². The van der Waals surface area contributed by atoms with Gasteiger partial charge in [0.1, 0.15) is 5.15 Å². The number of hydrogen-bond donors (Lipinski definition) is 1. The van der Waals surface area contributed by atoms with Crippen LogP contribution in [0, 0.1) is 0 Å². The Bertz CT molecular complexity index is 357. The summed E-state index contributed by atoms with van der Waals surface area (Å²) in [4.78, 5) is 6.46. The Morgan fingerprint density at radius 3 is 2.93 bits per heavy atom. The molecule has 1 aliphatic rings. The zero-order valence-electron chi connectivity index (χ0n) is 8.29. The van der Waals surface area contributed by atoms with Crippen molar-refractivity contribution in [3.8, 4) is 0 Å². The van der Waals surface area contributed by atoms with Gasteiger partial charge in [-0.2, -0.15) is 0 Å². The van der Waals surface area contributed by atoms with Gasteiger partial charge in [0.25, 0.3) is 0 Å². The topological polar surface area (TPSA) is 42.1 Å². The fourth-order valence-electron chi connectivity index (χ4n) is 1.79. The Labute approximate surface area is 99.2 Å². The predicted molar refractivity (Wildman–Crippen MR) is 62.1 cm³/mol.